The lowest BCUT2D eigenvalue weighted by molar-refractivity contribution is -0.384. The van der Waals surface area contributed by atoms with E-state index in [4.69, 9.17) is 0 Å². The number of hydrogen-bond acceptors (Lipinski definition) is 4. The van der Waals surface area contributed by atoms with E-state index in [1.807, 2.05) is 25.3 Å². The molecule has 0 spiro atoms. The summed E-state index contributed by atoms with van der Waals surface area (Å²) in [6, 6.07) is 6.96. The fourth-order valence-corrected chi connectivity index (χ4v) is 1.82. The molecule has 0 radical (unpaired) electrons. The van der Waals surface area contributed by atoms with E-state index in [1.165, 1.54) is 6.07 Å². The van der Waals surface area contributed by atoms with Crippen molar-refractivity contribution >= 4 is 11.4 Å². The first-order chi connectivity index (χ1) is 9.20. The Bertz CT molecular complexity index is 552. The summed E-state index contributed by atoms with van der Waals surface area (Å²) in [5, 5.41) is 18.2. The number of nitrogens with one attached hydrogen (secondary N) is 1. The third-order valence-corrected chi connectivity index (χ3v) is 2.73. The van der Waals surface area contributed by atoms with E-state index in [9.17, 15) is 10.1 Å². The topological polar surface area (TPSA) is 73.0 Å². The van der Waals surface area contributed by atoms with Crippen molar-refractivity contribution in [1.82, 2.24) is 9.78 Å². The Morgan fingerprint density at radius 2 is 2.32 bits per heavy atom. The number of aromatic nitrogens is 2. The summed E-state index contributed by atoms with van der Waals surface area (Å²) in [4.78, 5) is 10.6. The minimum Gasteiger partial charge on any atom is -0.379 e. The van der Waals surface area contributed by atoms with Gasteiger partial charge in [-0.3, -0.25) is 14.8 Å². The molecule has 1 heterocycles. The molecule has 0 amide bonds. The SMILES string of the molecule is CCCNc1cc(Cn2cccn2)ccc1[N+](=O)[O-]. The van der Waals surface area contributed by atoms with E-state index in [-0.39, 0.29) is 10.6 Å². The highest BCUT2D eigenvalue weighted by atomic mass is 16.6. The van der Waals surface area contributed by atoms with Gasteiger partial charge in [0.25, 0.3) is 5.69 Å². The van der Waals surface area contributed by atoms with Crippen molar-refractivity contribution in [2.75, 3.05) is 11.9 Å². The Balaban J connectivity index is 2.24. The molecule has 0 saturated heterocycles. The average molecular weight is 260 g/mol. The minimum atomic E-state index is -0.365. The lowest BCUT2D eigenvalue weighted by Gasteiger charge is -2.08. The van der Waals surface area contributed by atoms with Crippen LogP contribution in [0.15, 0.2) is 36.7 Å². The van der Waals surface area contributed by atoms with E-state index >= 15 is 0 Å². The Morgan fingerprint density at radius 3 is 2.95 bits per heavy atom. The van der Waals surface area contributed by atoms with E-state index < -0.39 is 0 Å². The first-order valence-electron chi connectivity index (χ1n) is 6.19. The molecule has 0 aliphatic rings. The molecule has 2 aromatic rings. The van der Waals surface area contributed by atoms with Gasteiger partial charge in [-0.25, -0.2) is 0 Å². The Kier molecular flexibility index (Phi) is 4.12. The summed E-state index contributed by atoms with van der Waals surface area (Å²) >= 11 is 0. The van der Waals surface area contributed by atoms with E-state index in [0.717, 1.165) is 12.0 Å². The summed E-state index contributed by atoms with van der Waals surface area (Å²) < 4.78 is 1.78. The maximum atomic E-state index is 11.0. The van der Waals surface area contributed by atoms with Crippen molar-refractivity contribution in [3.8, 4) is 0 Å². The van der Waals surface area contributed by atoms with Crippen LogP contribution < -0.4 is 5.32 Å². The van der Waals surface area contributed by atoms with Gasteiger partial charge in [-0.15, -0.1) is 0 Å². The Hall–Kier alpha value is -2.37. The fraction of sp³-hybridized carbons (Fsp3) is 0.308. The van der Waals surface area contributed by atoms with Gasteiger partial charge in [0.15, 0.2) is 0 Å². The number of benzene rings is 1. The van der Waals surface area contributed by atoms with Crippen LogP contribution in [-0.2, 0) is 6.54 Å². The zero-order valence-corrected chi connectivity index (χ0v) is 10.7. The molecule has 19 heavy (non-hydrogen) atoms. The molecule has 0 fully saturated rings. The molecular weight excluding hydrogens is 244 g/mol. The second-order valence-electron chi connectivity index (χ2n) is 4.24. The second-order valence-corrected chi connectivity index (χ2v) is 4.24. The predicted molar refractivity (Wildman–Crippen MR) is 73.2 cm³/mol. The Morgan fingerprint density at radius 1 is 1.47 bits per heavy atom. The van der Waals surface area contributed by atoms with Crippen molar-refractivity contribution < 1.29 is 4.92 Å². The van der Waals surface area contributed by atoms with Gasteiger partial charge in [-0.2, -0.15) is 5.10 Å². The summed E-state index contributed by atoms with van der Waals surface area (Å²) in [5.74, 6) is 0. The van der Waals surface area contributed by atoms with Crippen LogP contribution in [0.2, 0.25) is 0 Å². The van der Waals surface area contributed by atoms with Crippen LogP contribution in [0.25, 0.3) is 0 Å². The highest BCUT2D eigenvalue weighted by Gasteiger charge is 2.13. The standard InChI is InChI=1S/C13H16N4O2/c1-2-6-14-12-9-11(4-5-13(12)17(18)19)10-16-8-3-7-15-16/h3-5,7-9,14H,2,6,10H2,1H3. The van der Waals surface area contributed by atoms with Crippen LogP contribution >= 0.6 is 0 Å². The van der Waals surface area contributed by atoms with Gasteiger partial charge in [0.2, 0.25) is 0 Å². The van der Waals surface area contributed by atoms with Crippen LogP contribution in [0.4, 0.5) is 11.4 Å². The van der Waals surface area contributed by atoms with Crippen molar-refractivity contribution in [2.24, 2.45) is 0 Å². The molecule has 0 saturated carbocycles. The number of nitro groups is 1. The molecule has 1 N–H and O–H groups in total. The summed E-state index contributed by atoms with van der Waals surface area (Å²) in [7, 11) is 0. The molecule has 0 aliphatic carbocycles. The molecule has 100 valence electrons. The summed E-state index contributed by atoms with van der Waals surface area (Å²) in [5.41, 5.74) is 1.65. The maximum Gasteiger partial charge on any atom is 0.292 e. The molecule has 0 aliphatic heterocycles. The van der Waals surface area contributed by atoms with Crippen molar-refractivity contribution in [2.45, 2.75) is 19.9 Å². The van der Waals surface area contributed by atoms with Gasteiger partial charge in [0.05, 0.1) is 11.5 Å². The molecule has 1 aromatic heterocycles. The molecule has 0 unspecified atom stereocenters. The number of anilines is 1. The van der Waals surface area contributed by atoms with Gasteiger partial charge < -0.3 is 5.32 Å². The zero-order chi connectivity index (χ0) is 13.7. The van der Waals surface area contributed by atoms with E-state index in [1.54, 1.807) is 16.9 Å². The average Bonchev–Trinajstić information content (AvgIpc) is 2.89. The number of hydrogen-bond donors (Lipinski definition) is 1. The first kappa shape index (κ1) is 13.1. The zero-order valence-electron chi connectivity index (χ0n) is 10.7. The van der Waals surface area contributed by atoms with E-state index in [2.05, 4.69) is 10.4 Å². The van der Waals surface area contributed by atoms with Gasteiger partial charge in [-0.05, 0) is 24.1 Å². The Labute approximate surface area is 111 Å². The van der Waals surface area contributed by atoms with Crippen LogP contribution in [-0.4, -0.2) is 21.2 Å². The largest absolute Gasteiger partial charge is 0.379 e. The van der Waals surface area contributed by atoms with Gasteiger partial charge in [0.1, 0.15) is 5.69 Å². The molecule has 1 aromatic carbocycles. The second kappa shape index (κ2) is 5.99. The van der Waals surface area contributed by atoms with Crippen LogP contribution in [0.5, 0.6) is 0 Å². The van der Waals surface area contributed by atoms with Gasteiger partial charge >= 0.3 is 0 Å². The third-order valence-electron chi connectivity index (χ3n) is 2.73. The first-order valence-corrected chi connectivity index (χ1v) is 6.19. The molecule has 6 heteroatoms. The number of nitrogens with zero attached hydrogens (tertiary/aromatic N) is 3. The van der Waals surface area contributed by atoms with E-state index in [0.29, 0.717) is 18.8 Å². The van der Waals surface area contributed by atoms with Gasteiger partial charge in [0, 0.05) is 25.0 Å². The monoisotopic (exact) mass is 260 g/mol. The summed E-state index contributed by atoms with van der Waals surface area (Å²) in [6.07, 6.45) is 4.49. The normalized spacial score (nSPS) is 10.4. The smallest absolute Gasteiger partial charge is 0.292 e. The van der Waals surface area contributed by atoms with Crippen molar-refractivity contribution in [1.29, 1.82) is 0 Å². The lowest BCUT2D eigenvalue weighted by atomic mass is 10.1. The number of rotatable bonds is 6. The highest BCUT2D eigenvalue weighted by molar-refractivity contribution is 5.62. The van der Waals surface area contributed by atoms with Crippen LogP contribution in [0, 0.1) is 10.1 Å². The van der Waals surface area contributed by atoms with Crippen molar-refractivity contribution in [3.05, 3.63) is 52.3 Å². The molecule has 6 nitrogen and oxygen atoms in total. The third kappa shape index (κ3) is 3.31. The van der Waals surface area contributed by atoms with Crippen LogP contribution in [0.3, 0.4) is 0 Å². The number of nitro benzene ring substituents is 1. The summed E-state index contributed by atoms with van der Waals surface area (Å²) in [6.45, 7) is 3.34. The minimum absolute atomic E-state index is 0.109. The molecule has 0 atom stereocenters. The highest BCUT2D eigenvalue weighted by Crippen LogP contribution is 2.25. The molecule has 2 rings (SSSR count). The van der Waals surface area contributed by atoms with Gasteiger partial charge in [-0.1, -0.05) is 13.0 Å². The van der Waals surface area contributed by atoms with Crippen LogP contribution in [0.1, 0.15) is 18.9 Å². The molecular formula is C13H16N4O2. The molecule has 0 bridgehead atoms. The predicted octanol–water partition coefficient (Wildman–Crippen LogP) is 2.66. The quantitative estimate of drug-likeness (QED) is 0.640. The maximum absolute atomic E-state index is 11.0. The van der Waals surface area contributed by atoms with Crippen molar-refractivity contribution in [3.63, 3.8) is 0 Å². The fourth-order valence-electron chi connectivity index (χ4n) is 1.82. The lowest BCUT2D eigenvalue weighted by Crippen LogP contribution is -2.05.